The molecule has 0 atom stereocenters. The van der Waals surface area contributed by atoms with Crippen LogP contribution in [0.25, 0.3) is 0 Å². The fourth-order valence-electron chi connectivity index (χ4n) is 2.62. The molecule has 160 valence electrons. The SMILES string of the molecule is COc1ccc(/C=N\NC(=O)c2ccc(NC(=O)NCc3ccco3)cc2)cc1OC. The molecule has 3 rings (SSSR count). The lowest BCUT2D eigenvalue weighted by Gasteiger charge is -2.08. The number of rotatable bonds is 8. The molecule has 0 unspecified atom stereocenters. The van der Waals surface area contributed by atoms with E-state index in [9.17, 15) is 9.59 Å². The van der Waals surface area contributed by atoms with Crippen LogP contribution in [-0.4, -0.2) is 32.4 Å². The quantitative estimate of drug-likeness (QED) is 0.380. The molecule has 2 aromatic carbocycles. The van der Waals surface area contributed by atoms with Crippen molar-refractivity contribution in [2.24, 2.45) is 5.10 Å². The average molecular weight is 422 g/mol. The number of nitrogens with one attached hydrogen (secondary N) is 3. The van der Waals surface area contributed by atoms with E-state index in [2.05, 4.69) is 21.2 Å². The van der Waals surface area contributed by atoms with Crippen LogP contribution in [0.3, 0.4) is 0 Å². The fraction of sp³-hybridized carbons (Fsp3) is 0.136. The van der Waals surface area contributed by atoms with Crippen LogP contribution >= 0.6 is 0 Å². The van der Waals surface area contributed by atoms with Gasteiger partial charge in [0.2, 0.25) is 0 Å². The Labute approximate surface area is 179 Å². The molecular weight excluding hydrogens is 400 g/mol. The first-order valence-electron chi connectivity index (χ1n) is 9.32. The van der Waals surface area contributed by atoms with Crippen LogP contribution in [0.5, 0.6) is 11.5 Å². The molecule has 9 nitrogen and oxygen atoms in total. The number of carbonyl (C=O) groups is 2. The number of benzene rings is 2. The van der Waals surface area contributed by atoms with Crippen LogP contribution in [0, 0.1) is 0 Å². The van der Waals surface area contributed by atoms with Gasteiger partial charge in [0.15, 0.2) is 11.5 Å². The van der Waals surface area contributed by atoms with E-state index in [4.69, 9.17) is 13.9 Å². The van der Waals surface area contributed by atoms with Gasteiger partial charge in [-0.25, -0.2) is 10.2 Å². The van der Waals surface area contributed by atoms with E-state index in [-0.39, 0.29) is 18.5 Å². The summed E-state index contributed by atoms with van der Waals surface area (Å²) in [5.41, 5.74) is 4.13. The molecule has 0 spiro atoms. The molecule has 1 aromatic heterocycles. The lowest BCUT2D eigenvalue weighted by Crippen LogP contribution is -2.28. The van der Waals surface area contributed by atoms with Crippen LogP contribution in [-0.2, 0) is 6.54 Å². The topological polar surface area (TPSA) is 114 Å². The number of furan rings is 1. The monoisotopic (exact) mass is 422 g/mol. The number of anilines is 1. The Morgan fingerprint density at radius 2 is 1.81 bits per heavy atom. The highest BCUT2D eigenvalue weighted by atomic mass is 16.5. The first kappa shape index (κ1) is 21.4. The van der Waals surface area contributed by atoms with E-state index < -0.39 is 0 Å². The highest BCUT2D eigenvalue weighted by Crippen LogP contribution is 2.26. The Morgan fingerprint density at radius 1 is 1.03 bits per heavy atom. The molecule has 0 bridgehead atoms. The van der Waals surface area contributed by atoms with Gasteiger partial charge in [0.25, 0.3) is 5.91 Å². The molecular formula is C22H22N4O5. The summed E-state index contributed by atoms with van der Waals surface area (Å²) in [6.45, 7) is 0.275. The third kappa shape index (κ3) is 6.10. The number of carbonyl (C=O) groups excluding carboxylic acids is 2. The van der Waals surface area contributed by atoms with Crippen molar-refractivity contribution < 1.29 is 23.5 Å². The van der Waals surface area contributed by atoms with Crippen molar-refractivity contribution in [3.63, 3.8) is 0 Å². The maximum atomic E-state index is 12.2. The van der Waals surface area contributed by atoms with E-state index in [1.807, 2.05) is 0 Å². The maximum Gasteiger partial charge on any atom is 0.319 e. The maximum absolute atomic E-state index is 12.2. The first-order chi connectivity index (χ1) is 15.1. The number of hydrazone groups is 1. The van der Waals surface area contributed by atoms with Gasteiger partial charge >= 0.3 is 6.03 Å². The number of hydrogen-bond acceptors (Lipinski definition) is 6. The van der Waals surface area contributed by atoms with Crippen LogP contribution < -0.4 is 25.5 Å². The standard InChI is InChI=1S/C22H22N4O5/c1-29-19-10-5-15(12-20(19)30-2)13-24-26-21(27)16-6-8-17(9-7-16)25-22(28)23-14-18-4-3-11-31-18/h3-13H,14H2,1-2H3,(H,26,27)(H2,23,25,28)/b24-13-. The van der Waals surface area contributed by atoms with Crippen LogP contribution in [0.4, 0.5) is 10.5 Å². The minimum Gasteiger partial charge on any atom is -0.493 e. The van der Waals surface area contributed by atoms with Gasteiger partial charge in [-0.2, -0.15) is 5.10 Å². The Morgan fingerprint density at radius 3 is 2.48 bits per heavy atom. The molecule has 0 fully saturated rings. The Balaban J connectivity index is 1.50. The highest BCUT2D eigenvalue weighted by Gasteiger charge is 2.07. The molecule has 0 aliphatic heterocycles. The van der Waals surface area contributed by atoms with E-state index in [1.165, 1.54) is 12.5 Å². The highest BCUT2D eigenvalue weighted by molar-refractivity contribution is 5.96. The van der Waals surface area contributed by atoms with Crippen molar-refractivity contribution in [2.45, 2.75) is 6.54 Å². The number of amides is 3. The van der Waals surface area contributed by atoms with Gasteiger partial charge in [-0.05, 0) is 60.2 Å². The Bertz CT molecular complexity index is 1050. The first-order valence-corrected chi connectivity index (χ1v) is 9.32. The molecule has 0 radical (unpaired) electrons. The van der Waals surface area contributed by atoms with E-state index >= 15 is 0 Å². The molecule has 1 heterocycles. The average Bonchev–Trinajstić information content (AvgIpc) is 3.31. The molecule has 0 aliphatic rings. The van der Waals surface area contributed by atoms with Crippen molar-refractivity contribution in [3.8, 4) is 11.5 Å². The van der Waals surface area contributed by atoms with Crippen LogP contribution in [0.1, 0.15) is 21.7 Å². The van der Waals surface area contributed by atoms with Crippen molar-refractivity contribution in [1.82, 2.24) is 10.7 Å². The summed E-state index contributed by atoms with van der Waals surface area (Å²) in [5.74, 6) is 1.43. The second-order valence-corrected chi connectivity index (χ2v) is 6.28. The number of ether oxygens (including phenoxy) is 2. The van der Waals surface area contributed by atoms with Crippen LogP contribution in [0.15, 0.2) is 70.4 Å². The van der Waals surface area contributed by atoms with Gasteiger partial charge in [-0.1, -0.05) is 0 Å². The lowest BCUT2D eigenvalue weighted by molar-refractivity contribution is 0.0955. The van der Waals surface area contributed by atoms with Gasteiger partial charge in [-0.3, -0.25) is 4.79 Å². The molecule has 9 heteroatoms. The largest absolute Gasteiger partial charge is 0.493 e. The predicted octanol–water partition coefficient (Wildman–Crippen LogP) is 3.38. The van der Waals surface area contributed by atoms with Gasteiger partial charge in [-0.15, -0.1) is 0 Å². The molecule has 31 heavy (non-hydrogen) atoms. The summed E-state index contributed by atoms with van der Waals surface area (Å²) < 4.78 is 15.6. The van der Waals surface area contributed by atoms with Gasteiger partial charge < -0.3 is 24.5 Å². The minimum atomic E-state index is -0.384. The number of nitrogens with zero attached hydrogens (tertiary/aromatic N) is 1. The number of methoxy groups -OCH3 is 2. The molecule has 0 saturated carbocycles. The normalized spacial score (nSPS) is 10.5. The fourth-order valence-corrected chi connectivity index (χ4v) is 2.62. The van der Waals surface area contributed by atoms with E-state index in [1.54, 1.807) is 68.8 Å². The summed E-state index contributed by atoms with van der Waals surface area (Å²) in [5, 5.41) is 9.31. The molecule has 3 N–H and O–H groups in total. The zero-order chi connectivity index (χ0) is 22.1. The molecule has 0 aliphatic carbocycles. The van der Waals surface area contributed by atoms with Gasteiger partial charge in [0.1, 0.15) is 5.76 Å². The van der Waals surface area contributed by atoms with Crippen molar-refractivity contribution >= 4 is 23.8 Å². The third-order valence-corrected chi connectivity index (χ3v) is 4.20. The summed E-state index contributed by atoms with van der Waals surface area (Å²) >= 11 is 0. The number of urea groups is 1. The van der Waals surface area contributed by atoms with Gasteiger partial charge in [0, 0.05) is 11.3 Å². The van der Waals surface area contributed by atoms with Crippen molar-refractivity contribution in [2.75, 3.05) is 19.5 Å². The van der Waals surface area contributed by atoms with Crippen molar-refractivity contribution in [3.05, 3.63) is 77.7 Å². The Kier molecular flexibility index (Phi) is 7.26. The summed E-state index contributed by atoms with van der Waals surface area (Å²) in [4.78, 5) is 24.2. The second kappa shape index (κ2) is 10.5. The van der Waals surface area contributed by atoms with Gasteiger partial charge in [0.05, 0.1) is 33.2 Å². The lowest BCUT2D eigenvalue weighted by atomic mass is 10.2. The van der Waals surface area contributed by atoms with E-state index in [0.29, 0.717) is 28.5 Å². The van der Waals surface area contributed by atoms with Crippen LogP contribution in [0.2, 0.25) is 0 Å². The molecule has 0 saturated heterocycles. The summed E-state index contributed by atoms with van der Waals surface area (Å²) in [6.07, 6.45) is 3.04. The minimum absolute atomic E-state index is 0.275. The summed E-state index contributed by atoms with van der Waals surface area (Å²) in [6, 6.07) is 14.8. The molecule has 3 amide bonds. The number of hydrogen-bond donors (Lipinski definition) is 3. The third-order valence-electron chi connectivity index (χ3n) is 4.20. The summed E-state index contributed by atoms with van der Waals surface area (Å²) in [7, 11) is 3.10. The zero-order valence-electron chi connectivity index (χ0n) is 17.0. The second-order valence-electron chi connectivity index (χ2n) is 6.28. The Hall–Kier alpha value is -4.27. The predicted molar refractivity (Wildman–Crippen MR) is 116 cm³/mol. The van der Waals surface area contributed by atoms with E-state index in [0.717, 1.165) is 5.56 Å². The smallest absolute Gasteiger partial charge is 0.319 e. The zero-order valence-corrected chi connectivity index (χ0v) is 17.0. The van der Waals surface area contributed by atoms with Crippen molar-refractivity contribution in [1.29, 1.82) is 0 Å². The molecule has 3 aromatic rings.